The standard InChI is InChI=1S/C26H26ClN3O3S/c1-13-8-15(27)9-18(23(13)33-16-4-3-6-28-12-16)17-5-7-29-21-11-22(34-24(17)21)14(2)30-25(31)19-10-20(19)26(30)32/h5,7-9,11,14,16,19-20,28H,3-4,6,10,12H2,1-2H3/t14-,16-,19?,20?/m0/s1. The molecule has 2 aliphatic heterocycles. The smallest absolute Gasteiger partial charge is 0.233 e. The van der Waals surface area contributed by atoms with Gasteiger partial charge >= 0.3 is 0 Å². The number of hydrogen-bond acceptors (Lipinski definition) is 6. The summed E-state index contributed by atoms with van der Waals surface area (Å²) in [6.07, 6.45) is 4.73. The van der Waals surface area contributed by atoms with Crippen molar-refractivity contribution in [1.82, 2.24) is 15.2 Å². The lowest BCUT2D eigenvalue weighted by atomic mass is 10.0. The van der Waals surface area contributed by atoms with E-state index in [4.69, 9.17) is 16.3 Å². The van der Waals surface area contributed by atoms with E-state index in [1.807, 2.05) is 38.1 Å². The number of likely N-dealkylation sites (tertiary alicyclic amines) is 1. The number of aromatic nitrogens is 1. The third-order valence-electron chi connectivity index (χ3n) is 7.20. The number of halogens is 1. The molecule has 4 heterocycles. The lowest BCUT2D eigenvalue weighted by molar-refractivity contribution is -0.143. The maximum absolute atomic E-state index is 12.6. The summed E-state index contributed by atoms with van der Waals surface area (Å²) in [7, 11) is 0. The van der Waals surface area contributed by atoms with Crippen LogP contribution in [0.4, 0.5) is 0 Å². The first-order chi connectivity index (χ1) is 16.4. The first-order valence-electron chi connectivity index (χ1n) is 11.9. The van der Waals surface area contributed by atoms with Crippen LogP contribution in [0.2, 0.25) is 5.02 Å². The van der Waals surface area contributed by atoms with Crippen LogP contribution in [-0.4, -0.2) is 40.9 Å². The monoisotopic (exact) mass is 495 g/mol. The number of benzene rings is 1. The highest BCUT2D eigenvalue weighted by Crippen LogP contribution is 2.50. The second kappa shape index (κ2) is 8.33. The van der Waals surface area contributed by atoms with Gasteiger partial charge in [-0.1, -0.05) is 11.6 Å². The normalized spacial score (nSPS) is 25.0. The van der Waals surface area contributed by atoms with Crippen LogP contribution in [0.25, 0.3) is 21.3 Å². The van der Waals surface area contributed by atoms with Gasteiger partial charge in [-0.25, -0.2) is 0 Å². The number of thiophene rings is 1. The van der Waals surface area contributed by atoms with Gasteiger partial charge < -0.3 is 10.1 Å². The predicted molar refractivity (Wildman–Crippen MR) is 133 cm³/mol. The Kier molecular flexibility index (Phi) is 5.39. The van der Waals surface area contributed by atoms with Gasteiger partial charge in [-0.15, -0.1) is 11.3 Å². The summed E-state index contributed by atoms with van der Waals surface area (Å²) < 4.78 is 7.52. The van der Waals surface area contributed by atoms with E-state index >= 15 is 0 Å². The number of fused-ring (bicyclic) bond motifs is 2. The number of rotatable bonds is 5. The number of pyridine rings is 1. The molecule has 6 nitrogen and oxygen atoms in total. The van der Waals surface area contributed by atoms with Gasteiger partial charge in [0, 0.05) is 33.8 Å². The van der Waals surface area contributed by atoms with E-state index in [9.17, 15) is 9.59 Å². The van der Waals surface area contributed by atoms with Crippen molar-refractivity contribution in [2.75, 3.05) is 13.1 Å². The van der Waals surface area contributed by atoms with Gasteiger partial charge in [0.2, 0.25) is 11.8 Å². The van der Waals surface area contributed by atoms with Crippen molar-refractivity contribution in [3.05, 3.63) is 45.9 Å². The fourth-order valence-corrected chi connectivity index (χ4v) is 6.72. The molecule has 0 spiro atoms. The molecule has 2 amide bonds. The van der Waals surface area contributed by atoms with Crippen molar-refractivity contribution in [3.63, 3.8) is 0 Å². The van der Waals surface area contributed by atoms with Crippen molar-refractivity contribution in [2.24, 2.45) is 11.8 Å². The highest BCUT2D eigenvalue weighted by Gasteiger charge is 2.60. The molecule has 2 saturated heterocycles. The van der Waals surface area contributed by atoms with Crippen molar-refractivity contribution in [1.29, 1.82) is 0 Å². The largest absolute Gasteiger partial charge is 0.488 e. The number of ether oxygens (including phenoxy) is 1. The predicted octanol–water partition coefficient (Wildman–Crippen LogP) is 5.12. The number of imide groups is 1. The van der Waals surface area contributed by atoms with Crippen LogP contribution in [0.1, 0.15) is 42.7 Å². The molecule has 4 atom stereocenters. The molecular weight excluding hydrogens is 470 g/mol. The van der Waals surface area contributed by atoms with E-state index in [1.165, 1.54) is 4.90 Å². The first kappa shape index (κ1) is 22.0. The van der Waals surface area contributed by atoms with Crippen molar-refractivity contribution in [2.45, 2.75) is 45.3 Å². The van der Waals surface area contributed by atoms with Crippen molar-refractivity contribution < 1.29 is 14.3 Å². The molecule has 176 valence electrons. The number of piperidine rings is 2. The van der Waals surface area contributed by atoms with Gasteiger partial charge in [0.15, 0.2) is 0 Å². The molecule has 1 aliphatic carbocycles. The Bertz CT molecular complexity index is 1300. The minimum Gasteiger partial charge on any atom is -0.488 e. The number of carbonyl (C=O) groups excluding carboxylic acids is 2. The Labute approximate surface area is 207 Å². The third-order valence-corrected chi connectivity index (χ3v) is 8.74. The maximum Gasteiger partial charge on any atom is 0.233 e. The molecular formula is C26H26ClN3O3S. The first-order valence-corrected chi connectivity index (χ1v) is 13.0. The Balaban J connectivity index is 1.40. The maximum atomic E-state index is 12.6. The van der Waals surface area contributed by atoms with Crippen LogP contribution in [0.3, 0.4) is 0 Å². The van der Waals surface area contributed by atoms with E-state index in [-0.39, 0.29) is 35.8 Å². The second-order valence-corrected chi connectivity index (χ2v) is 11.1. The van der Waals surface area contributed by atoms with Gasteiger partial charge in [-0.05, 0) is 69.5 Å². The van der Waals surface area contributed by atoms with E-state index in [0.29, 0.717) is 11.4 Å². The van der Waals surface area contributed by atoms with E-state index in [1.54, 1.807) is 17.5 Å². The summed E-state index contributed by atoms with van der Waals surface area (Å²) in [5.41, 5.74) is 3.78. The quantitative estimate of drug-likeness (QED) is 0.497. The van der Waals surface area contributed by atoms with Crippen molar-refractivity contribution in [3.8, 4) is 16.9 Å². The molecule has 2 aromatic heterocycles. The van der Waals surface area contributed by atoms with Gasteiger partial charge in [0.05, 0.1) is 28.1 Å². The molecule has 0 bridgehead atoms. The molecule has 0 radical (unpaired) electrons. The minimum atomic E-state index is -0.301. The van der Waals surface area contributed by atoms with Crippen LogP contribution in [0.15, 0.2) is 30.5 Å². The summed E-state index contributed by atoms with van der Waals surface area (Å²) in [5.74, 6) is 0.590. The second-order valence-electron chi connectivity index (χ2n) is 9.58. The molecule has 8 heteroatoms. The molecule has 1 aromatic carbocycles. The Hall–Kier alpha value is -2.48. The molecule has 3 aromatic rings. The van der Waals surface area contributed by atoms with Crippen LogP contribution >= 0.6 is 22.9 Å². The van der Waals surface area contributed by atoms with Crippen molar-refractivity contribution >= 4 is 45.0 Å². The summed E-state index contributed by atoms with van der Waals surface area (Å²) in [5, 5.41) is 4.07. The Morgan fingerprint density at radius 2 is 2.00 bits per heavy atom. The van der Waals surface area contributed by atoms with E-state index < -0.39 is 0 Å². The fourth-order valence-electron chi connectivity index (χ4n) is 5.26. The highest BCUT2D eigenvalue weighted by molar-refractivity contribution is 7.19. The number of aryl methyl sites for hydroxylation is 1. The topological polar surface area (TPSA) is 71.5 Å². The number of nitrogens with one attached hydrogen (secondary N) is 1. The number of hydrogen-bond donors (Lipinski definition) is 1. The van der Waals surface area contributed by atoms with E-state index in [2.05, 4.69) is 10.3 Å². The van der Waals surface area contributed by atoms with Crippen LogP contribution in [0, 0.1) is 18.8 Å². The molecule has 3 fully saturated rings. The van der Waals surface area contributed by atoms with Gasteiger partial charge in [0.1, 0.15) is 11.9 Å². The Morgan fingerprint density at radius 3 is 2.74 bits per heavy atom. The zero-order valence-electron chi connectivity index (χ0n) is 19.1. The molecule has 1 N–H and O–H groups in total. The summed E-state index contributed by atoms with van der Waals surface area (Å²) >= 11 is 8.08. The SMILES string of the molecule is Cc1cc(Cl)cc(-c2ccnc3cc([C@H](C)N4C(=O)C5CC5C4=O)sc23)c1O[C@H]1CCCNC1. The van der Waals surface area contributed by atoms with E-state index in [0.717, 1.165) is 63.5 Å². The lowest BCUT2D eigenvalue weighted by Crippen LogP contribution is -2.37. The molecule has 34 heavy (non-hydrogen) atoms. The zero-order valence-corrected chi connectivity index (χ0v) is 20.7. The number of nitrogens with zero attached hydrogens (tertiary/aromatic N) is 2. The van der Waals surface area contributed by atoms with Gasteiger partial charge in [-0.2, -0.15) is 0 Å². The molecule has 6 rings (SSSR count). The van der Waals surface area contributed by atoms with Crippen LogP contribution < -0.4 is 10.1 Å². The fraction of sp³-hybridized carbons (Fsp3) is 0.423. The summed E-state index contributed by atoms with van der Waals surface area (Å²) in [6, 6.07) is 7.59. The lowest BCUT2D eigenvalue weighted by Gasteiger charge is -2.26. The molecule has 2 unspecified atom stereocenters. The number of amides is 2. The average Bonchev–Trinajstić information content (AvgIpc) is 3.44. The highest BCUT2D eigenvalue weighted by atomic mass is 35.5. The van der Waals surface area contributed by atoms with Gasteiger partial charge in [-0.3, -0.25) is 19.5 Å². The summed E-state index contributed by atoms with van der Waals surface area (Å²) in [6.45, 7) is 5.81. The number of carbonyl (C=O) groups is 2. The molecule has 1 saturated carbocycles. The average molecular weight is 496 g/mol. The minimum absolute atomic E-state index is 0.0321. The zero-order chi connectivity index (χ0) is 23.6. The Morgan fingerprint density at radius 1 is 1.21 bits per heavy atom. The third kappa shape index (κ3) is 3.61. The van der Waals surface area contributed by atoms with Crippen LogP contribution in [0.5, 0.6) is 5.75 Å². The van der Waals surface area contributed by atoms with Crippen LogP contribution in [-0.2, 0) is 9.59 Å². The van der Waals surface area contributed by atoms with Gasteiger partial charge in [0.25, 0.3) is 0 Å². The summed E-state index contributed by atoms with van der Waals surface area (Å²) in [4.78, 5) is 32.3. The molecule has 3 aliphatic rings.